The number of aromatic hydroxyl groups is 1. The molecule has 10 heteroatoms. The molecule has 7 nitrogen and oxygen atoms in total. The normalized spacial score (nSPS) is 19.8. The van der Waals surface area contributed by atoms with Gasteiger partial charge < -0.3 is 15.5 Å². The monoisotopic (exact) mass is 545 g/mol. The zero-order valence-corrected chi connectivity index (χ0v) is 15.9. The average molecular weight is 545 g/mol. The number of phenols is 1. The lowest BCUT2D eigenvalue weighted by Crippen LogP contribution is -2.26. The fraction of sp³-hybridized carbons (Fsp3) is 0.167. The highest BCUT2D eigenvalue weighted by atomic mass is 127. The van der Waals surface area contributed by atoms with Gasteiger partial charge in [-0.1, -0.05) is 11.8 Å². The Kier molecular flexibility index (Phi) is 6.02. The Morgan fingerprint density at radius 2 is 2.18 bits per heavy atom. The van der Waals surface area contributed by atoms with Crippen LogP contribution in [0.3, 0.4) is 0 Å². The molecular weight excluding hydrogens is 536 g/mol. The molecule has 1 amide bonds. The lowest BCUT2D eigenvalue weighted by atomic mass is 10.2. The Balaban J connectivity index is 2.09. The minimum Gasteiger partial charge on any atom is -0.506 e. The van der Waals surface area contributed by atoms with Crippen LogP contribution in [-0.4, -0.2) is 38.7 Å². The second kappa shape index (κ2) is 7.59. The van der Waals surface area contributed by atoms with Crippen LogP contribution in [0.25, 0.3) is 0 Å². The van der Waals surface area contributed by atoms with Crippen molar-refractivity contribution in [1.82, 2.24) is 5.32 Å². The van der Waals surface area contributed by atoms with Gasteiger partial charge in [0.1, 0.15) is 11.0 Å². The summed E-state index contributed by atoms with van der Waals surface area (Å²) in [6.07, 6.45) is 1.11. The molecule has 3 N–H and O–H groups in total. The SMILES string of the molecule is O=C(O)C[C@@H]1SC(=NN=Cc2cc(I)cc(I)c2O)NC1=O. The van der Waals surface area contributed by atoms with E-state index in [4.69, 9.17) is 5.11 Å². The van der Waals surface area contributed by atoms with Crippen LogP contribution in [0.15, 0.2) is 22.3 Å². The van der Waals surface area contributed by atoms with Gasteiger partial charge in [-0.05, 0) is 57.3 Å². The standard InChI is InChI=1S/C12H9I2N3O4S/c13-6-1-5(10(20)7(14)2-6)4-15-17-12-16-11(21)8(22-12)3-9(18)19/h1-2,4,8,20H,3H2,(H,18,19)(H,16,17,21)/t8-/m0/s1. The number of hydrogen-bond acceptors (Lipinski definition) is 6. The summed E-state index contributed by atoms with van der Waals surface area (Å²) in [7, 11) is 0. The van der Waals surface area contributed by atoms with Crippen LogP contribution in [0.5, 0.6) is 5.75 Å². The number of carbonyl (C=O) groups is 2. The molecule has 0 unspecified atom stereocenters. The van der Waals surface area contributed by atoms with Crippen LogP contribution in [-0.2, 0) is 9.59 Å². The van der Waals surface area contributed by atoms with Gasteiger partial charge in [-0.2, -0.15) is 5.10 Å². The molecule has 2 rings (SSSR count). The molecule has 0 saturated carbocycles. The zero-order chi connectivity index (χ0) is 16.3. The van der Waals surface area contributed by atoms with Crippen molar-refractivity contribution < 1.29 is 19.8 Å². The molecule has 22 heavy (non-hydrogen) atoms. The van der Waals surface area contributed by atoms with Gasteiger partial charge in [0.05, 0.1) is 16.2 Å². The third kappa shape index (κ3) is 4.55. The number of amides is 1. The highest BCUT2D eigenvalue weighted by Gasteiger charge is 2.32. The van der Waals surface area contributed by atoms with E-state index in [-0.39, 0.29) is 17.3 Å². The summed E-state index contributed by atoms with van der Waals surface area (Å²) in [6.45, 7) is 0. The second-order valence-corrected chi connectivity index (χ2v) is 7.77. The van der Waals surface area contributed by atoms with Gasteiger partial charge in [0.25, 0.3) is 0 Å². The van der Waals surface area contributed by atoms with Crippen molar-refractivity contribution in [3.63, 3.8) is 0 Å². The molecule has 0 radical (unpaired) electrons. The highest BCUT2D eigenvalue weighted by Crippen LogP contribution is 2.26. The molecule has 0 aliphatic carbocycles. The van der Waals surface area contributed by atoms with E-state index in [9.17, 15) is 14.7 Å². The molecule has 1 fully saturated rings. The minimum atomic E-state index is -1.05. The summed E-state index contributed by atoms with van der Waals surface area (Å²) in [6, 6.07) is 3.57. The van der Waals surface area contributed by atoms with E-state index in [1.165, 1.54) is 6.21 Å². The smallest absolute Gasteiger partial charge is 0.305 e. The number of nitrogens with one attached hydrogen (secondary N) is 1. The molecule has 1 aromatic carbocycles. The number of nitrogens with zero attached hydrogens (tertiary/aromatic N) is 2. The number of thioether (sulfide) groups is 1. The molecule has 1 aliphatic heterocycles. The van der Waals surface area contributed by atoms with Crippen LogP contribution in [0, 0.1) is 7.14 Å². The largest absolute Gasteiger partial charge is 0.506 e. The maximum atomic E-state index is 11.5. The lowest BCUT2D eigenvalue weighted by molar-refractivity contribution is -0.138. The Bertz CT molecular complexity index is 693. The van der Waals surface area contributed by atoms with Crippen molar-refractivity contribution in [2.45, 2.75) is 11.7 Å². The molecule has 116 valence electrons. The maximum Gasteiger partial charge on any atom is 0.305 e. The van der Waals surface area contributed by atoms with E-state index in [1.807, 2.05) is 28.7 Å². The number of carboxylic acid groups (broad SMARTS) is 1. The van der Waals surface area contributed by atoms with E-state index < -0.39 is 17.1 Å². The molecule has 1 atom stereocenters. The predicted molar refractivity (Wildman–Crippen MR) is 100 cm³/mol. The van der Waals surface area contributed by atoms with Gasteiger partial charge in [-0.3, -0.25) is 9.59 Å². The Labute approximate surface area is 156 Å². The number of benzene rings is 1. The van der Waals surface area contributed by atoms with E-state index in [2.05, 4.69) is 38.1 Å². The van der Waals surface area contributed by atoms with Gasteiger partial charge in [0.15, 0.2) is 5.17 Å². The van der Waals surface area contributed by atoms with Crippen LogP contribution >= 0.6 is 56.9 Å². The predicted octanol–water partition coefficient (Wildman–Crippen LogP) is 2.00. The number of aliphatic carboxylic acids is 1. The number of hydrogen-bond donors (Lipinski definition) is 3. The fourth-order valence-corrected chi connectivity index (χ4v) is 4.38. The quantitative estimate of drug-likeness (QED) is 0.305. The zero-order valence-electron chi connectivity index (χ0n) is 10.8. The van der Waals surface area contributed by atoms with E-state index in [1.54, 1.807) is 6.07 Å². The van der Waals surface area contributed by atoms with Gasteiger partial charge in [-0.25, -0.2) is 0 Å². The van der Waals surface area contributed by atoms with Crippen molar-refractivity contribution in [1.29, 1.82) is 0 Å². The second-order valence-electron chi connectivity index (χ2n) is 4.17. The fourth-order valence-electron chi connectivity index (χ4n) is 1.57. The number of carbonyl (C=O) groups excluding carboxylic acids is 1. The van der Waals surface area contributed by atoms with Gasteiger partial charge in [-0.15, -0.1) is 5.10 Å². The van der Waals surface area contributed by atoms with Gasteiger partial charge in [0.2, 0.25) is 5.91 Å². The summed E-state index contributed by atoms with van der Waals surface area (Å²) < 4.78 is 1.64. The highest BCUT2D eigenvalue weighted by molar-refractivity contribution is 14.1. The lowest BCUT2D eigenvalue weighted by Gasteiger charge is -2.01. The van der Waals surface area contributed by atoms with Crippen LogP contribution in [0.4, 0.5) is 0 Å². The molecule has 0 bridgehead atoms. The molecule has 1 aliphatic rings. The third-order valence-electron chi connectivity index (χ3n) is 2.54. The first kappa shape index (κ1) is 17.5. The first-order chi connectivity index (χ1) is 10.4. The van der Waals surface area contributed by atoms with Gasteiger partial charge >= 0.3 is 5.97 Å². The summed E-state index contributed by atoms with van der Waals surface area (Å²) >= 11 is 5.16. The van der Waals surface area contributed by atoms with Crippen molar-refractivity contribution in [2.24, 2.45) is 10.2 Å². The molecular formula is C12H9I2N3O4S. The number of halogens is 2. The Morgan fingerprint density at radius 1 is 1.45 bits per heavy atom. The topological polar surface area (TPSA) is 111 Å². The molecule has 0 aromatic heterocycles. The van der Waals surface area contributed by atoms with Crippen molar-refractivity contribution in [2.75, 3.05) is 0 Å². The number of carboxylic acids is 1. The first-order valence-corrected chi connectivity index (χ1v) is 8.89. The van der Waals surface area contributed by atoms with Crippen molar-refractivity contribution >= 4 is 80.2 Å². The van der Waals surface area contributed by atoms with E-state index >= 15 is 0 Å². The first-order valence-electron chi connectivity index (χ1n) is 5.85. The summed E-state index contributed by atoms with van der Waals surface area (Å²) in [5, 5.41) is 28.3. The van der Waals surface area contributed by atoms with E-state index in [0.717, 1.165) is 15.3 Å². The summed E-state index contributed by atoms with van der Waals surface area (Å²) in [5.74, 6) is -1.33. The molecule has 1 aromatic rings. The summed E-state index contributed by atoms with van der Waals surface area (Å²) in [4.78, 5) is 22.1. The van der Waals surface area contributed by atoms with Crippen LogP contribution in [0.1, 0.15) is 12.0 Å². The van der Waals surface area contributed by atoms with Crippen LogP contribution in [0.2, 0.25) is 0 Å². The molecule has 1 heterocycles. The number of rotatable bonds is 4. The summed E-state index contributed by atoms with van der Waals surface area (Å²) in [5.41, 5.74) is 0.511. The average Bonchev–Trinajstić information content (AvgIpc) is 2.75. The number of amidine groups is 1. The number of phenolic OH excluding ortho intramolecular Hbond substituents is 1. The van der Waals surface area contributed by atoms with Crippen LogP contribution < -0.4 is 5.32 Å². The van der Waals surface area contributed by atoms with Gasteiger partial charge in [0, 0.05) is 9.13 Å². The Morgan fingerprint density at radius 3 is 2.86 bits per heavy atom. The maximum absolute atomic E-state index is 11.5. The molecule has 0 spiro atoms. The molecule has 1 saturated heterocycles. The van der Waals surface area contributed by atoms with E-state index in [0.29, 0.717) is 9.13 Å². The minimum absolute atomic E-state index is 0.108. The van der Waals surface area contributed by atoms with Crippen molar-refractivity contribution in [3.8, 4) is 5.75 Å². The van der Waals surface area contributed by atoms with Crippen molar-refractivity contribution in [3.05, 3.63) is 24.8 Å². The third-order valence-corrected chi connectivity index (χ3v) is 5.06. The Hall–Kier alpha value is -0.890.